The van der Waals surface area contributed by atoms with E-state index in [2.05, 4.69) is 4.98 Å². The number of ether oxygens (including phenoxy) is 4. The molecular weight excluding hydrogens is 356 g/mol. The third-order valence-corrected chi connectivity index (χ3v) is 3.98. The van der Waals surface area contributed by atoms with Gasteiger partial charge < -0.3 is 23.5 Å². The minimum Gasteiger partial charge on any atom is -0.456 e. The number of benzene rings is 1. The molecule has 0 radical (unpaired) electrons. The molecule has 0 N–H and O–H groups in total. The van der Waals surface area contributed by atoms with Crippen LogP contribution < -0.4 is 0 Å². The van der Waals surface area contributed by atoms with Crippen molar-refractivity contribution >= 4 is 28.9 Å². The van der Waals surface area contributed by atoms with Crippen LogP contribution in [0.5, 0.6) is 0 Å². The Balaban J connectivity index is 2.00. The average Bonchev–Trinajstić information content (AvgIpc) is 3.19. The zero-order valence-corrected chi connectivity index (χ0v) is 14.3. The highest BCUT2D eigenvalue weighted by atomic mass is 16.6. The molecule has 0 bridgehead atoms. The number of esters is 3. The fraction of sp³-hybridized carbons (Fsp3) is 0.444. The number of carbonyl (C=O) groups excluding carboxylic acids is 3. The molecule has 1 fully saturated rings. The zero-order valence-electron chi connectivity index (χ0n) is 17.3. The highest BCUT2D eigenvalue weighted by Gasteiger charge is 2.47. The van der Waals surface area contributed by atoms with Gasteiger partial charge in [0.15, 0.2) is 24.5 Å². The highest BCUT2D eigenvalue weighted by Crippen LogP contribution is 2.32. The smallest absolute Gasteiger partial charge is 0.303 e. The van der Waals surface area contributed by atoms with E-state index < -0.39 is 63.1 Å². The molecule has 4 atom stereocenters. The molecule has 1 unspecified atom stereocenters. The first-order valence-electron chi connectivity index (χ1n) is 10.1. The lowest BCUT2D eigenvalue weighted by atomic mass is 10.0. The minimum atomic E-state index is -1.30. The molecule has 1 aromatic heterocycles. The summed E-state index contributed by atoms with van der Waals surface area (Å²) in [5.74, 6) is -2.71. The van der Waals surface area contributed by atoms with E-state index in [0.717, 1.165) is 0 Å². The summed E-state index contributed by atoms with van der Waals surface area (Å²) >= 11 is 0. The monoisotopic (exact) mass is 379 g/mol. The second kappa shape index (κ2) is 7.75. The van der Waals surface area contributed by atoms with Crippen LogP contribution in [0.15, 0.2) is 30.6 Å². The SMILES string of the molecule is [2H]CC(=O)O[C@@H]1[C@H](OC(=O)C[2H])COC(n2cnc3ccccc32)[C@@H]1OC(=O)C[2H]. The maximum absolute atomic E-state index is 11.9. The van der Waals surface area contributed by atoms with Gasteiger partial charge in [-0.25, -0.2) is 4.98 Å². The second-order valence-electron chi connectivity index (χ2n) is 5.80. The van der Waals surface area contributed by atoms with Crippen molar-refractivity contribution in [2.24, 2.45) is 0 Å². The molecule has 27 heavy (non-hydrogen) atoms. The Morgan fingerprint density at radius 3 is 2.48 bits per heavy atom. The van der Waals surface area contributed by atoms with E-state index in [1.165, 1.54) is 6.33 Å². The van der Waals surface area contributed by atoms with Crippen molar-refractivity contribution in [2.75, 3.05) is 6.61 Å². The maximum atomic E-state index is 11.9. The number of nitrogens with zero attached hydrogens (tertiary/aromatic N) is 2. The van der Waals surface area contributed by atoms with E-state index in [4.69, 9.17) is 23.1 Å². The van der Waals surface area contributed by atoms with E-state index in [1.807, 2.05) is 0 Å². The van der Waals surface area contributed by atoms with Crippen LogP contribution in [-0.4, -0.2) is 52.4 Å². The molecule has 0 saturated carbocycles. The van der Waals surface area contributed by atoms with Gasteiger partial charge >= 0.3 is 17.9 Å². The van der Waals surface area contributed by atoms with Gasteiger partial charge in [0, 0.05) is 24.8 Å². The van der Waals surface area contributed by atoms with Crippen molar-refractivity contribution in [3.63, 3.8) is 0 Å². The molecule has 1 aliphatic rings. The average molecular weight is 379 g/mol. The van der Waals surface area contributed by atoms with Crippen LogP contribution in [0.25, 0.3) is 11.0 Å². The molecule has 1 saturated heterocycles. The Morgan fingerprint density at radius 2 is 1.74 bits per heavy atom. The molecule has 144 valence electrons. The van der Waals surface area contributed by atoms with E-state index in [1.54, 1.807) is 28.8 Å². The van der Waals surface area contributed by atoms with Gasteiger partial charge in [-0.15, -0.1) is 0 Å². The van der Waals surface area contributed by atoms with Crippen LogP contribution in [0.4, 0.5) is 0 Å². The van der Waals surface area contributed by atoms with Crippen molar-refractivity contribution in [3.8, 4) is 0 Å². The van der Waals surface area contributed by atoms with Gasteiger partial charge in [-0.3, -0.25) is 14.4 Å². The topological polar surface area (TPSA) is 106 Å². The molecule has 2 heterocycles. The zero-order chi connectivity index (χ0) is 21.7. The van der Waals surface area contributed by atoms with Crippen LogP contribution >= 0.6 is 0 Å². The summed E-state index contributed by atoms with van der Waals surface area (Å²) in [6, 6.07) is 7.13. The van der Waals surface area contributed by atoms with E-state index in [0.29, 0.717) is 11.0 Å². The van der Waals surface area contributed by atoms with Crippen LogP contribution in [-0.2, 0) is 33.3 Å². The molecule has 0 spiro atoms. The van der Waals surface area contributed by atoms with Crippen LogP contribution in [0, 0.1) is 0 Å². The predicted molar refractivity (Wildman–Crippen MR) is 91.4 cm³/mol. The van der Waals surface area contributed by atoms with Gasteiger partial charge in [0.05, 0.1) is 24.0 Å². The number of fused-ring (bicyclic) bond motifs is 1. The van der Waals surface area contributed by atoms with E-state index in [-0.39, 0.29) is 6.61 Å². The van der Waals surface area contributed by atoms with Crippen molar-refractivity contribution in [1.29, 1.82) is 0 Å². The lowest BCUT2D eigenvalue weighted by Gasteiger charge is -2.40. The Kier molecular flexibility index (Phi) is 4.35. The first-order valence-corrected chi connectivity index (χ1v) is 7.97. The summed E-state index contributed by atoms with van der Waals surface area (Å²) in [6.07, 6.45) is -3.27. The van der Waals surface area contributed by atoms with Crippen LogP contribution in [0.1, 0.15) is 31.0 Å². The van der Waals surface area contributed by atoms with Gasteiger partial charge in [-0.1, -0.05) is 12.1 Å². The fourth-order valence-corrected chi connectivity index (χ4v) is 3.02. The van der Waals surface area contributed by atoms with Crippen molar-refractivity contribution in [2.45, 2.75) is 45.2 Å². The minimum absolute atomic E-state index is 0.214. The molecule has 0 amide bonds. The van der Waals surface area contributed by atoms with Gasteiger partial charge in [0.1, 0.15) is 0 Å². The van der Waals surface area contributed by atoms with Crippen molar-refractivity contribution in [1.82, 2.24) is 9.55 Å². The Bertz CT molecular complexity index is 922. The quantitative estimate of drug-likeness (QED) is 0.579. The summed E-state index contributed by atoms with van der Waals surface area (Å²) in [6.45, 7) is -2.27. The van der Waals surface area contributed by atoms with Crippen LogP contribution in [0.2, 0.25) is 0 Å². The Hall–Kier alpha value is -2.94. The first kappa shape index (κ1) is 15.2. The summed E-state index contributed by atoms with van der Waals surface area (Å²) in [5.41, 5.74) is 1.30. The summed E-state index contributed by atoms with van der Waals surface area (Å²) in [5, 5.41) is 0. The van der Waals surface area contributed by atoms with Gasteiger partial charge in [-0.2, -0.15) is 0 Å². The number of aromatic nitrogens is 2. The molecular formula is C18H20N2O7. The molecule has 0 aliphatic carbocycles. The number of imidazole rings is 1. The summed E-state index contributed by atoms with van der Waals surface area (Å²) in [7, 11) is 0. The van der Waals surface area contributed by atoms with E-state index >= 15 is 0 Å². The predicted octanol–water partition coefficient (Wildman–Crippen LogP) is 1.36. The molecule has 9 heteroatoms. The van der Waals surface area contributed by atoms with Crippen molar-refractivity contribution in [3.05, 3.63) is 30.6 Å². The third kappa shape index (κ3) is 4.08. The standard InChI is InChI=1S/C18H20N2O7/c1-10(21)25-15-8-24-18(17(27-12(3)23)16(15)26-11(2)22)20-9-19-13-6-4-5-7-14(13)20/h4-7,9,15-18H,8H2,1-3H3/t15-,16-,17-,18?/m1/s1/i1D,2D,3D. The van der Waals surface area contributed by atoms with E-state index in [9.17, 15) is 14.4 Å². The number of hydrogen-bond donors (Lipinski definition) is 0. The summed E-state index contributed by atoms with van der Waals surface area (Å²) in [4.78, 5) is 39.7. The Labute approximate surface area is 159 Å². The number of hydrogen-bond acceptors (Lipinski definition) is 8. The normalized spacial score (nSPS) is 26.4. The van der Waals surface area contributed by atoms with Gasteiger partial charge in [0.2, 0.25) is 0 Å². The van der Waals surface area contributed by atoms with Gasteiger partial charge in [0.25, 0.3) is 0 Å². The summed E-state index contributed by atoms with van der Waals surface area (Å²) < 4.78 is 44.8. The number of carbonyl (C=O) groups is 3. The molecule has 2 aromatic rings. The van der Waals surface area contributed by atoms with Crippen molar-refractivity contribution < 1.29 is 37.4 Å². The van der Waals surface area contributed by atoms with Gasteiger partial charge in [-0.05, 0) is 12.1 Å². The largest absolute Gasteiger partial charge is 0.456 e. The molecule has 9 nitrogen and oxygen atoms in total. The lowest BCUT2D eigenvalue weighted by Crippen LogP contribution is -2.55. The second-order valence-corrected chi connectivity index (χ2v) is 5.80. The molecule has 1 aromatic carbocycles. The third-order valence-electron chi connectivity index (χ3n) is 3.98. The highest BCUT2D eigenvalue weighted by molar-refractivity contribution is 5.75. The first-order chi connectivity index (χ1) is 14.5. The maximum Gasteiger partial charge on any atom is 0.303 e. The van der Waals surface area contributed by atoms with Crippen LogP contribution in [0.3, 0.4) is 0 Å². The fourth-order valence-electron chi connectivity index (χ4n) is 3.02. The molecule has 3 rings (SSSR count). The number of para-hydroxylation sites is 2. The lowest BCUT2D eigenvalue weighted by molar-refractivity contribution is -0.239. The molecule has 1 aliphatic heterocycles. The number of rotatable bonds is 4. The Morgan fingerprint density at radius 1 is 1.07 bits per heavy atom.